The third-order valence-corrected chi connectivity index (χ3v) is 5.30. The first-order chi connectivity index (χ1) is 13.0. The Labute approximate surface area is 162 Å². The van der Waals surface area contributed by atoms with Crippen LogP contribution in [0.2, 0.25) is 0 Å². The number of aliphatic hydroxyl groups is 1. The van der Waals surface area contributed by atoms with E-state index in [1.807, 2.05) is 12.2 Å². The van der Waals surface area contributed by atoms with Gasteiger partial charge in [-0.25, -0.2) is 4.79 Å². The van der Waals surface area contributed by atoms with Crippen LogP contribution in [-0.4, -0.2) is 36.7 Å². The van der Waals surface area contributed by atoms with Gasteiger partial charge in [0.25, 0.3) is 0 Å². The molecule has 1 fully saturated rings. The van der Waals surface area contributed by atoms with Crippen LogP contribution in [0.3, 0.4) is 0 Å². The highest BCUT2D eigenvalue weighted by Gasteiger charge is 2.39. The summed E-state index contributed by atoms with van der Waals surface area (Å²) in [5, 5.41) is 9.54. The molecule has 1 N–H and O–H groups in total. The van der Waals surface area contributed by atoms with E-state index in [0.717, 1.165) is 12.8 Å². The van der Waals surface area contributed by atoms with Gasteiger partial charge in [0.1, 0.15) is 5.78 Å². The number of halogens is 1. The van der Waals surface area contributed by atoms with Crippen molar-refractivity contribution in [2.45, 2.75) is 70.8 Å². The fourth-order valence-electron chi connectivity index (χ4n) is 3.64. The van der Waals surface area contributed by atoms with Gasteiger partial charge in [-0.05, 0) is 38.0 Å². The first-order valence-corrected chi connectivity index (χ1v) is 10.2. The second kappa shape index (κ2) is 13.6. The number of esters is 1. The van der Waals surface area contributed by atoms with Crippen LogP contribution in [0.1, 0.15) is 64.7 Å². The Morgan fingerprint density at radius 3 is 2.70 bits per heavy atom. The average Bonchev–Trinajstić information content (AvgIpc) is 2.98. The van der Waals surface area contributed by atoms with E-state index in [2.05, 4.69) is 23.8 Å². The molecular weight excluding hydrogens is 347 g/mol. The number of hydrogen-bond donors (Lipinski definition) is 1. The van der Waals surface area contributed by atoms with Gasteiger partial charge in [-0.3, -0.25) is 9.18 Å². The van der Waals surface area contributed by atoms with Gasteiger partial charge in [0.2, 0.25) is 0 Å². The van der Waals surface area contributed by atoms with E-state index >= 15 is 0 Å². The number of hydrogen-bond acceptors (Lipinski definition) is 4. The maximum Gasteiger partial charge on any atom is 0.334 e. The number of rotatable bonds is 13. The van der Waals surface area contributed by atoms with Crippen LogP contribution in [0.5, 0.6) is 0 Å². The van der Waals surface area contributed by atoms with Crippen LogP contribution in [0.15, 0.2) is 24.3 Å². The van der Waals surface area contributed by atoms with Crippen molar-refractivity contribution in [3.8, 4) is 0 Å². The summed E-state index contributed by atoms with van der Waals surface area (Å²) in [6, 6.07) is 0. The van der Waals surface area contributed by atoms with Crippen molar-refractivity contribution >= 4 is 11.8 Å². The molecule has 0 spiro atoms. The number of unbranched alkanes of at least 4 members (excludes halogenated alkanes) is 4. The smallest absolute Gasteiger partial charge is 0.334 e. The third kappa shape index (κ3) is 8.37. The molecule has 0 radical (unpaired) electrons. The van der Waals surface area contributed by atoms with Gasteiger partial charge in [0.05, 0.1) is 13.8 Å². The lowest BCUT2D eigenvalue weighted by Gasteiger charge is -2.17. The number of methoxy groups -OCH3 is 1. The zero-order chi connectivity index (χ0) is 20.1. The number of aliphatic hydroxyl groups excluding tert-OH is 1. The highest BCUT2D eigenvalue weighted by molar-refractivity contribution is 5.84. The number of ketones is 1. The summed E-state index contributed by atoms with van der Waals surface area (Å²) < 4.78 is 17.8. The molecule has 1 aliphatic carbocycles. The number of allylic oxidation sites excluding steroid dienone is 4. The summed E-state index contributed by atoms with van der Waals surface area (Å²) >= 11 is 0. The lowest BCUT2D eigenvalue weighted by molar-refractivity contribution is -0.150. The molecule has 4 nitrogen and oxygen atoms in total. The minimum absolute atomic E-state index is 0.0287. The van der Waals surface area contributed by atoms with Gasteiger partial charge < -0.3 is 9.84 Å². The summed E-state index contributed by atoms with van der Waals surface area (Å²) in [7, 11) is 1.24. The number of carbonyl (C=O) groups excluding carboxylic acids is 2. The number of carbonyl (C=O) groups is 2. The summed E-state index contributed by atoms with van der Waals surface area (Å²) in [6.07, 6.45) is 14.3. The lowest BCUT2D eigenvalue weighted by Crippen LogP contribution is -2.21. The van der Waals surface area contributed by atoms with E-state index in [1.54, 1.807) is 0 Å². The number of alkyl halides is 1. The summed E-state index contributed by atoms with van der Waals surface area (Å²) in [5.74, 6) is -0.899. The van der Waals surface area contributed by atoms with Gasteiger partial charge in [0.15, 0.2) is 6.10 Å². The van der Waals surface area contributed by atoms with Gasteiger partial charge in [-0.15, -0.1) is 0 Å². The van der Waals surface area contributed by atoms with Crippen LogP contribution >= 0.6 is 0 Å². The Hall–Kier alpha value is -1.49. The minimum atomic E-state index is -1.12. The van der Waals surface area contributed by atoms with Crippen molar-refractivity contribution in [3.05, 3.63) is 24.3 Å². The van der Waals surface area contributed by atoms with Gasteiger partial charge >= 0.3 is 5.97 Å². The van der Waals surface area contributed by atoms with Crippen molar-refractivity contribution in [1.82, 2.24) is 0 Å². The standard InChI is InChI=1S/C22H35FO4/c1-3-4-5-6-7-9-12-18-17(16-23)15-21(25)19(18)13-10-8-11-14-20(24)22(26)27-2/h8-10,12,17-20,24H,3-7,11,13-16H2,1-2H3/b10-8-,12-9+/t17-,18-,19+,20?/m0/s1. The molecule has 1 rings (SSSR count). The summed E-state index contributed by atoms with van der Waals surface area (Å²) in [6.45, 7) is 1.72. The van der Waals surface area contributed by atoms with E-state index in [4.69, 9.17) is 0 Å². The molecule has 0 heterocycles. The van der Waals surface area contributed by atoms with Crippen molar-refractivity contribution in [1.29, 1.82) is 0 Å². The molecule has 0 aromatic carbocycles. The fraction of sp³-hybridized carbons (Fsp3) is 0.727. The lowest BCUT2D eigenvalue weighted by atomic mass is 9.87. The highest BCUT2D eigenvalue weighted by atomic mass is 19.1. The number of ether oxygens (including phenoxy) is 1. The van der Waals surface area contributed by atoms with Crippen molar-refractivity contribution in [3.63, 3.8) is 0 Å². The third-order valence-electron chi connectivity index (χ3n) is 5.30. The van der Waals surface area contributed by atoms with Gasteiger partial charge in [-0.2, -0.15) is 0 Å². The second-order valence-corrected chi connectivity index (χ2v) is 7.37. The van der Waals surface area contributed by atoms with Crippen LogP contribution < -0.4 is 0 Å². The molecule has 0 bridgehead atoms. The zero-order valence-electron chi connectivity index (χ0n) is 16.7. The fourth-order valence-corrected chi connectivity index (χ4v) is 3.64. The Morgan fingerprint density at radius 2 is 2.04 bits per heavy atom. The second-order valence-electron chi connectivity index (χ2n) is 7.37. The summed E-state index contributed by atoms with van der Waals surface area (Å²) in [4.78, 5) is 23.4. The molecule has 0 saturated heterocycles. The Bertz CT molecular complexity index is 501. The predicted octanol–water partition coefficient (Wildman–Crippen LogP) is 4.56. The first kappa shape index (κ1) is 23.5. The van der Waals surface area contributed by atoms with Crippen LogP contribution in [0, 0.1) is 17.8 Å². The molecule has 0 aromatic heterocycles. The van der Waals surface area contributed by atoms with Gasteiger partial charge in [0, 0.05) is 18.3 Å². The van der Waals surface area contributed by atoms with Crippen LogP contribution in [0.4, 0.5) is 4.39 Å². The van der Waals surface area contributed by atoms with E-state index < -0.39 is 18.7 Å². The SMILES string of the molecule is CCCCCC/C=C/[C@H]1[C@H](CF)CC(=O)[C@@H]1C/C=C\CCC(O)C(=O)OC. The molecule has 27 heavy (non-hydrogen) atoms. The maximum absolute atomic E-state index is 13.3. The summed E-state index contributed by atoms with van der Waals surface area (Å²) in [5.41, 5.74) is 0. The Morgan fingerprint density at radius 1 is 1.26 bits per heavy atom. The first-order valence-electron chi connectivity index (χ1n) is 10.2. The quantitative estimate of drug-likeness (QED) is 0.288. The molecule has 0 aliphatic heterocycles. The van der Waals surface area contributed by atoms with E-state index in [1.165, 1.54) is 26.4 Å². The van der Waals surface area contributed by atoms with Gasteiger partial charge in [-0.1, -0.05) is 50.5 Å². The molecule has 1 unspecified atom stereocenters. The number of Topliss-reactive ketones (excluding diaryl/α,β-unsaturated/α-hetero) is 1. The van der Waals surface area contributed by atoms with Crippen molar-refractivity contribution < 1.29 is 23.8 Å². The molecule has 5 heteroatoms. The monoisotopic (exact) mass is 382 g/mol. The maximum atomic E-state index is 13.3. The average molecular weight is 383 g/mol. The molecule has 0 amide bonds. The van der Waals surface area contributed by atoms with Crippen LogP contribution in [0.25, 0.3) is 0 Å². The molecule has 1 saturated carbocycles. The molecule has 154 valence electrons. The molecule has 4 atom stereocenters. The van der Waals surface area contributed by atoms with E-state index in [9.17, 15) is 19.1 Å². The predicted molar refractivity (Wildman–Crippen MR) is 105 cm³/mol. The van der Waals surface area contributed by atoms with Crippen molar-refractivity contribution in [2.75, 3.05) is 13.8 Å². The van der Waals surface area contributed by atoms with E-state index in [-0.39, 0.29) is 30.0 Å². The topological polar surface area (TPSA) is 63.6 Å². The Balaban J connectivity index is 2.49. The zero-order valence-corrected chi connectivity index (χ0v) is 16.7. The molecule has 1 aliphatic rings. The molecule has 0 aromatic rings. The van der Waals surface area contributed by atoms with E-state index in [0.29, 0.717) is 19.3 Å². The normalized spacial score (nSPS) is 24.1. The van der Waals surface area contributed by atoms with Crippen molar-refractivity contribution in [2.24, 2.45) is 17.8 Å². The minimum Gasteiger partial charge on any atom is -0.467 e. The largest absolute Gasteiger partial charge is 0.467 e. The Kier molecular flexibility index (Phi) is 11.9. The molecular formula is C22H35FO4. The highest BCUT2D eigenvalue weighted by Crippen LogP contribution is 2.38. The van der Waals surface area contributed by atoms with Crippen LogP contribution in [-0.2, 0) is 14.3 Å².